The monoisotopic (exact) mass is 249 g/mol. The minimum Gasteiger partial charge on any atom is -0.341 e. The molecule has 0 fully saturated rings. The fourth-order valence-corrected chi connectivity index (χ4v) is 2.04. The molecule has 0 atom stereocenters. The third-order valence-corrected chi connectivity index (χ3v) is 3.08. The highest BCUT2D eigenvalue weighted by Gasteiger charge is 2.11. The number of aromatic amines is 1. The number of imidazole rings is 1. The van der Waals surface area contributed by atoms with Crippen molar-refractivity contribution in [2.45, 2.75) is 20.3 Å². The fourth-order valence-electron chi connectivity index (χ4n) is 1.82. The minimum atomic E-state index is 0.520. The molecular weight excluding hydrogens is 234 g/mol. The van der Waals surface area contributed by atoms with E-state index in [9.17, 15) is 0 Å². The first-order valence-electron chi connectivity index (χ1n) is 5.64. The molecule has 0 radical (unpaired) electrons. The van der Waals surface area contributed by atoms with Gasteiger partial charge >= 0.3 is 0 Å². The first-order valence-corrected chi connectivity index (χ1v) is 6.01. The summed E-state index contributed by atoms with van der Waals surface area (Å²) >= 11 is 6.07. The van der Waals surface area contributed by atoms with Crippen molar-refractivity contribution in [2.24, 2.45) is 5.73 Å². The minimum absolute atomic E-state index is 0.520. The SMILES string of the molecule is Cc1ccc(C)c(-c2nc(Cl)c(CCN)[nH]2)c1. The van der Waals surface area contributed by atoms with Gasteiger partial charge in [-0.15, -0.1) is 0 Å². The van der Waals surface area contributed by atoms with Gasteiger partial charge in [-0.25, -0.2) is 4.98 Å². The number of nitrogens with zero attached hydrogens (tertiary/aromatic N) is 1. The van der Waals surface area contributed by atoms with E-state index in [1.165, 1.54) is 11.1 Å². The van der Waals surface area contributed by atoms with Gasteiger partial charge in [-0.1, -0.05) is 29.3 Å². The number of halogens is 1. The van der Waals surface area contributed by atoms with Gasteiger partial charge in [-0.05, 0) is 32.0 Å². The number of hydrogen-bond acceptors (Lipinski definition) is 2. The van der Waals surface area contributed by atoms with Crippen LogP contribution in [0.4, 0.5) is 0 Å². The van der Waals surface area contributed by atoms with Crippen LogP contribution >= 0.6 is 11.6 Å². The maximum atomic E-state index is 6.07. The molecule has 0 aliphatic heterocycles. The molecule has 17 heavy (non-hydrogen) atoms. The van der Waals surface area contributed by atoms with E-state index in [0.717, 1.165) is 23.5 Å². The quantitative estimate of drug-likeness (QED) is 0.879. The Labute approximate surface area is 106 Å². The van der Waals surface area contributed by atoms with Gasteiger partial charge in [-0.3, -0.25) is 0 Å². The Bertz CT molecular complexity index is 531. The molecular formula is C13H16ClN3. The molecule has 90 valence electrons. The molecule has 0 bridgehead atoms. The lowest BCUT2D eigenvalue weighted by Crippen LogP contribution is -2.03. The summed E-state index contributed by atoms with van der Waals surface area (Å²) in [6.45, 7) is 4.69. The molecule has 1 heterocycles. The van der Waals surface area contributed by atoms with E-state index in [1.807, 2.05) is 0 Å². The van der Waals surface area contributed by atoms with Crippen molar-refractivity contribution in [1.82, 2.24) is 9.97 Å². The lowest BCUT2D eigenvalue weighted by atomic mass is 10.1. The van der Waals surface area contributed by atoms with Crippen molar-refractivity contribution in [3.8, 4) is 11.4 Å². The van der Waals surface area contributed by atoms with Gasteiger partial charge < -0.3 is 10.7 Å². The van der Waals surface area contributed by atoms with Crippen LogP contribution in [0.15, 0.2) is 18.2 Å². The summed E-state index contributed by atoms with van der Waals surface area (Å²) in [5.41, 5.74) is 9.91. The predicted octanol–water partition coefficient (Wildman–Crippen LogP) is 2.85. The first-order chi connectivity index (χ1) is 8.11. The second-order valence-electron chi connectivity index (χ2n) is 4.21. The summed E-state index contributed by atoms with van der Waals surface area (Å²) in [6, 6.07) is 6.28. The molecule has 1 aromatic carbocycles. The Kier molecular flexibility index (Phi) is 3.50. The van der Waals surface area contributed by atoms with Gasteiger partial charge in [0.1, 0.15) is 5.82 Å². The number of rotatable bonds is 3. The van der Waals surface area contributed by atoms with Crippen molar-refractivity contribution < 1.29 is 0 Å². The van der Waals surface area contributed by atoms with Crippen LogP contribution in [0, 0.1) is 13.8 Å². The van der Waals surface area contributed by atoms with E-state index < -0.39 is 0 Å². The van der Waals surface area contributed by atoms with E-state index in [4.69, 9.17) is 17.3 Å². The third kappa shape index (κ3) is 2.51. The maximum Gasteiger partial charge on any atom is 0.150 e. The summed E-state index contributed by atoms with van der Waals surface area (Å²) < 4.78 is 0. The van der Waals surface area contributed by atoms with Crippen LogP contribution in [-0.2, 0) is 6.42 Å². The van der Waals surface area contributed by atoms with E-state index in [1.54, 1.807) is 0 Å². The topological polar surface area (TPSA) is 54.7 Å². The largest absolute Gasteiger partial charge is 0.341 e. The molecule has 0 amide bonds. The van der Waals surface area contributed by atoms with E-state index in [2.05, 4.69) is 42.0 Å². The summed E-state index contributed by atoms with van der Waals surface area (Å²) in [4.78, 5) is 7.60. The second kappa shape index (κ2) is 4.90. The van der Waals surface area contributed by atoms with E-state index >= 15 is 0 Å². The van der Waals surface area contributed by atoms with Crippen LogP contribution in [0.3, 0.4) is 0 Å². The van der Waals surface area contributed by atoms with Gasteiger partial charge in [0.2, 0.25) is 0 Å². The van der Waals surface area contributed by atoms with Crippen LogP contribution in [0.5, 0.6) is 0 Å². The fraction of sp³-hybridized carbons (Fsp3) is 0.308. The van der Waals surface area contributed by atoms with Crippen LogP contribution in [-0.4, -0.2) is 16.5 Å². The Balaban J connectivity index is 2.45. The van der Waals surface area contributed by atoms with Gasteiger partial charge in [-0.2, -0.15) is 0 Å². The normalized spacial score (nSPS) is 10.8. The van der Waals surface area contributed by atoms with Crippen LogP contribution in [0.2, 0.25) is 5.15 Å². The average Bonchev–Trinajstić information content (AvgIpc) is 2.64. The van der Waals surface area contributed by atoms with Crippen molar-refractivity contribution in [3.05, 3.63) is 40.2 Å². The van der Waals surface area contributed by atoms with Crippen LogP contribution in [0.1, 0.15) is 16.8 Å². The smallest absolute Gasteiger partial charge is 0.150 e. The Morgan fingerprint density at radius 3 is 2.82 bits per heavy atom. The highest BCUT2D eigenvalue weighted by atomic mass is 35.5. The standard InChI is InChI=1S/C13H16ClN3/c1-8-3-4-9(2)10(7-8)13-16-11(5-6-15)12(14)17-13/h3-4,7H,5-6,15H2,1-2H3,(H,16,17). The van der Waals surface area contributed by atoms with Gasteiger partial charge in [0.15, 0.2) is 5.15 Å². The van der Waals surface area contributed by atoms with E-state index in [0.29, 0.717) is 11.7 Å². The highest BCUT2D eigenvalue weighted by molar-refractivity contribution is 6.30. The van der Waals surface area contributed by atoms with Crippen LogP contribution < -0.4 is 5.73 Å². The molecule has 3 N–H and O–H groups in total. The molecule has 3 nitrogen and oxygen atoms in total. The maximum absolute atomic E-state index is 6.07. The zero-order valence-corrected chi connectivity index (χ0v) is 10.8. The molecule has 0 aliphatic rings. The summed E-state index contributed by atoms with van der Waals surface area (Å²) in [5.74, 6) is 0.819. The molecule has 0 saturated heterocycles. The zero-order valence-electron chi connectivity index (χ0n) is 10.0. The lowest BCUT2D eigenvalue weighted by Gasteiger charge is -2.03. The van der Waals surface area contributed by atoms with Gasteiger partial charge in [0.25, 0.3) is 0 Å². The summed E-state index contributed by atoms with van der Waals surface area (Å²) in [5, 5.41) is 0.520. The number of aromatic nitrogens is 2. The molecule has 0 spiro atoms. The molecule has 4 heteroatoms. The predicted molar refractivity (Wildman–Crippen MR) is 71.3 cm³/mol. The number of benzene rings is 1. The second-order valence-corrected chi connectivity index (χ2v) is 4.57. The number of nitrogens with two attached hydrogens (primary N) is 1. The van der Waals surface area contributed by atoms with Crippen LogP contribution in [0.25, 0.3) is 11.4 Å². The number of aryl methyl sites for hydroxylation is 2. The number of H-pyrrole nitrogens is 1. The first kappa shape index (κ1) is 12.1. The molecule has 0 unspecified atom stereocenters. The number of hydrogen-bond donors (Lipinski definition) is 2. The average molecular weight is 250 g/mol. The highest BCUT2D eigenvalue weighted by Crippen LogP contribution is 2.25. The van der Waals surface area contributed by atoms with Gasteiger partial charge in [0, 0.05) is 12.0 Å². The third-order valence-electron chi connectivity index (χ3n) is 2.77. The van der Waals surface area contributed by atoms with Crippen molar-refractivity contribution in [1.29, 1.82) is 0 Å². The zero-order chi connectivity index (χ0) is 12.4. The lowest BCUT2D eigenvalue weighted by molar-refractivity contribution is 0.936. The molecule has 2 rings (SSSR count). The molecule has 0 saturated carbocycles. The van der Waals surface area contributed by atoms with Crippen molar-refractivity contribution in [3.63, 3.8) is 0 Å². The molecule has 2 aromatic rings. The van der Waals surface area contributed by atoms with Crippen molar-refractivity contribution >= 4 is 11.6 Å². The van der Waals surface area contributed by atoms with Gasteiger partial charge in [0.05, 0.1) is 5.69 Å². The Hall–Kier alpha value is -1.32. The summed E-state index contributed by atoms with van der Waals surface area (Å²) in [7, 11) is 0. The van der Waals surface area contributed by atoms with Crippen molar-refractivity contribution in [2.75, 3.05) is 6.54 Å². The summed E-state index contributed by atoms with van der Waals surface area (Å²) in [6.07, 6.45) is 0.719. The number of nitrogens with one attached hydrogen (secondary N) is 1. The Morgan fingerprint density at radius 1 is 1.35 bits per heavy atom. The molecule has 0 aliphatic carbocycles. The molecule has 1 aromatic heterocycles. The Morgan fingerprint density at radius 2 is 2.12 bits per heavy atom. The van der Waals surface area contributed by atoms with E-state index in [-0.39, 0.29) is 0 Å².